The molecule has 0 bridgehead atoms. The lowest BCUT2D eigenvalue weighted by molar-refractivity contribution is -0.157. The van der Waals surface area contributed by atoms with Gasteiger partial charge >= 0.3 is 16.4 Å². The van der Waals surface area contributed by atoms with Gasteiger partial charge in [-0.1, -0.05) is 116 Å². The number of carbonyl (C=O) groups is 2. The standard InChI is InChI=1S/C40H52O9S/c1-28(15-11-16-30(3)19-22-36(43)39(7)24-33(42)25-40(39,8)37(44)45)13-9-10-14-29(2)17-12-18-32(27-41)20-21-35-31(4)23-34(26-38(35,5)6)49-50(46,47)48/h9-19,22,33-34,41-42H,23-27H2,1-8H3,(H,44,45)(H,46,47,48)/b10-9+,15-11+,17-12+,22-19+,28-13+,29-14+,30-16+,32-18-/t33-,34-,39+,40+/m1/s1. The van der Waals surface area contributed by atoms with Gasteiger partial charge in [-0.3, -0.25) is 14.1 Å². The Bertz CT molecular complexity index is 1750. The largest absolute Gasteiger partial charge is 0.481 e. The van der Waals surface area contributed by atoms with E-state index in [0.29, 0.717) is 18.4 Å². The van der Waals surface area contributed by atoms with Crippen LogP contribution in [0.4, 0.5) is 0 Å². The summed E-state index contributed by atoms with van der Waals surface area (Å²) in [6.07, 6.45) is 21.3. The molecular weight excluding hydrogens is 656 g/mol. The molecule has 0 aromatic carbocycles. The van der Waals surface area contributed by atoms with E-state index in [9.17, 15) is 33.3 Å². The van der Waals surface area contributed by atoms with Crippen LogP contribution >= 0.6 is 0 Å². The number of rotatable bonds is 13. The number of carbonyl (C=O) groups excluding carboxylic acids is 1. The van der Waals surface area contributed by atoms with E-state index >= 15 is 0 Å². The van der Waals surface area contributed by atoms with Gasteiger partial charge in [-0.2, -0.15) is 8.42 Å². The summed E-state index contributed by atoms with van der Waals surface area (Å²) in [5, 5.41) is 29.6. The Morgan fingerprint density at radius 1 is 0.840 bits per heavy atom. The molecule has 2 aliphatic carbocycles. The highest BCUT2D eigenvalue weighted by atomic mass is 32.3. The van der Waals surface area contributed by atoms with Gasteiger partial charge in [0, 0.05) is 22.0 Å². The number of ketones is 1. The summed E-state index contributed by atoms with van der Waals surface area (Å²) < 4.78 is 36.2. The summed E-state index contributed by atoms with van der Waals surface area (Å²) in [6.45, 7) is 14.4. The summed E-state index contributed by atoms with van der Waals surface area (Å²) in [7, 11) is -4.54. The molecule has 4 atom stereocenters. The Kier molecular flexibility index (Phi) is 15.1. The van der Waals surface area contributed by atoms with Crippen LogP contribution < -0.4 is 0 Å². The van der Waals surface area contributed by atoms with Gasteiger partial charge in [-0.15, -0.1) is 0 Å². The van der Waals surface area contributed by atoms with Crippen molar-refractivity contribution in [2.75, 3.05) is 6.61 Å². The molecule has 1 fully saturated rings. The van der Waals surface area contributed by atoms with Crippen LogP contribution in [0.25, 0.3) is 0 Å². The summed E-state index contributed by atoms with van der Waals surface area (Å²) in [5.41, 5.74) is 2.07. The van der Waals surface area contributed by atoms with E-state index in [0.717, 1.165) is 27.9 Å². The number of aliphatic carboxylic acids is 1. The first-order chi connectivity index (χ1) is 23.1. The second-order valence-electron chi connectivity index (χ2n) is 14.3. The Hall–Kier alpha value is -3.85. The first-order valence-electron chi connectivity index (χ1n) is 16.5. The highest BCUT2D eigenvalue weighted by Crippen LogP contribution is 2.53. The zero-order chi connectivity index (χ0) is 37.9. The SMILES string of the molecule is CC1=C(C#C/C(=C/C=C/C(C)=C/C=C/C=C(C)/C=C/C=C(C)/C=C/C(=O)[C@]2(C)C[C@@H](O)C[C@@]2(C)C(=O)O)CO)C(C)(C)C[C@H](OS(=O)(=O)O)C1. The molecule has 0 radical (unpaired) electrons. The third-order valence-corrected chi connectivity index (χ3v) is 9.89. The molecule has 0 spiro atoms. The van der Waals surface area contributed by atoms with Gasteiger partial charge in [0.05, 0.1) is 24.2 Å². The van der Waals surface area contributed by atoms with Gasteiger partial charge in [0.15, 0.2) is 5.78 Å². The number of hydrogen-bond donors (Lipinski definition) is 4. The molecule has 272 valence electrons. The molecule has 9 nitrogen and oxygen atoms in total. The fraction of sp³-hybridized carbons (Fsp3) is 0.450. The average molecular weight is 709 g/mol. The molecule has 0 amide bonds. The first-order valence-corrected chi connectivity index (χ1v) is 17.9. The molecule has 0 heterocycles. The predicted molar refractivity (Wildman–Crippen MR) is 197 cm³/mol. The molecular formula is C40H52O9S. The van der Waals surface area contributed by atoms with Gasteiger partial charge < -0.3 is 15.3 Å². The highest BCUT2D eigenvalue weighted by molar-refractivity contribution is 7.80. The molecule has 4 N–H and O–H groups in total. The van der Waals surface area contributed by atoms with Crippen molar-refractivity contribution in [2.24, 2.45) is 16.2 Å². The number of aliphatic hydroxyl groups is 2. The molecule has 50 heavy (non-hydrogen) atoms. The highest BCUT2D eigenvalue weighted by Gasteiger charge is 2.60. The minimum absolute atomic E-state index is 0.0472. The van der Waals surface area contributed by atoms with Crippen molar-refractivity contribution in [3.8, 4) is 11.8 Å². The topological polar surface area (TPSA) is 158 Å². The quantitative estimate of drug-likeness (QED) is 0.0677. The first kappa shape index (κ1) is 42.3. The molecule has 0 aromatic heterocycles. The van der Waals surface area contributed by atoms with Gasteiger partial charge in [-0.05, 0) is 72.5 Å². The van der Waals surface area contributed by atoms with Gasteiger partial charge in [0.2, 0.25) is 0 Å². The molecule has 0 saturated heterocycles. The number of aliphatic hydroxyl groups excluding tert-OH is 2. The Balaban J connectivity index is 1.99. The van der Waals surface area contributed by atoms with Crippen LogP contribution in [0.1, 0.15) is 81.1 Å². The summed E-state index contributed by atoms with van der Waals surface area (Å²) >= 11 is 0. The summed E-state index contributed by atoms with van der Waals surface area (Å²) in [4.78, 5) is 24.9. The minimum atomic E-state index is -4.54. The van der Waals surface area contributed by atoms with Crippen LogP contribution in [0.3, 0.4) is 0 Å². The maximum absolute atomic E-state index is 13.0. The smallest absolute Gasteiger partial charge is 0.397 e. The lowest BCUT2D eigenvalue weighted by Crippen LogP contribution is -2.44. The van der Waals surface area contributed by atoms with Crippen LogP contribution in [0.5, 0.6) is 0 Å². The van der Waals surface area contributed by atoms with E-state index in [2.05, 4.69) is 11.8 Å². The molecule has 0 unspecified atom stereocenters. The maximum atomic E-state index is 13.0. The average Bonchev–Trinajstić information content (AvgIpc) is 3.24. The Morgan fingerprint density at radius 2 is 1.36 bits per heavy atom. The van der Waals surface area contributed by atoms with E-state index in [-0.39, 0.29) is 25.2 Å². The number of allylic oxidation sites excluding steroid dienone is 16. The zero-order valence-electron chi connectivity index (χ0n) is 30.4. The lowest BCUT2D eigenvalue weighted by atomic mass is 9.65. The van der Waals surface area contributed by atoms with Crippen molar-refractivity contribution in [1.82, 2.24) is 0 Å². The molecule has 1 saturated carbocycles. The van der Waals surface area contributed by atoms with E-state index in [1.54, 1.807) is 19.1 Å². The van der Waals surface area contributed by atoms with E-state index in [1.807, 2.05) is 96.2 Å². The van der Waals surface area contributed by atoms with Gasteiger partial charge in [0.1, 0.15) is 0 Å². The maximum Gasteiger partial charge on any atom is 0.397 e. The van der Waals surface area contributed by atoms with Crippen LogP contribution in [0, 0.1) is 28.1 Å². The van der Waals surface area contributed by atoms with Crippen LogP contribution in [-0.2, 0) is 24.2 Å². The molecule has 0 aromatic rings. The molecule has 2 aliphatic rings. The normalized spacial score (nSPS) is 27.2. The number of carboxylic acid groups (broad SMARTS) is 1. The summed E-state index contributed by atoms with van der Waals surface area (Å²) in [6, 6.07) is 0. The fourth-order valence-corrected chi connectivity index (χ4v) is 6.84. The Morgan fingerprint density at radius 3 is 1.88 bits per heavy atom. The molecule has 0 aliphatic heterocycles. The van der Waals surface area contributed by atoms with Crippen molar-refractivity contribution in [3.05, 3.63) is 106 Å². The van der Waals surface area contributed by atoms with Crippen molar-refractivity contribution in [1.29, 1.82) is 0 Å². The van der Waals surface area contributed by atoms with Crippen molar-refractivity contribution in [2.45, 2.75) is 93.3 Å². The number of hydrogen-bond acceptors (Lipinski definition) is 7. The molecule has 2 rings (SSSR count). The second kappa shape index (κ2) is 17.9. The van der Waals surface area contributed by atoms with Gasteiger partial charge in [-0.25, -0.2) is 4.18 Å². The van der Waals surface area contributed by atoms with Crippen molar-refractivity contribution in [3.63, 3.8) is 0 Å². The van der Waals surface area contributed by atoms with E-state index in [4.69, 9.17) is 8.74 Å². The summed E-state index contributed by atoms with van der Waals surface area (Å²) in [5.74, 6) is 4.79. The fourth-order valence-electron chi connectivity index (χ4n) is 6.36. The van der Waals surface area contributed by atoms with E-state index < -0.39 is 44.8 Å². The predicted octanol–water partition coefficient (Wildman–Crippen LogP) is 7.12. The van der Waals surface area contributed by atoms with Crippen molar-refractivity contribution < 1.29 is 42.1 Å². The van der Waals surface area contributed by atoms with Gasteiger partial charge in [0.25, 0.3) is 0 Å². The molecule has 10 heteroatoms. The van der Waals surface area contributed by atoms with Crippen LogP contribution in [-0.4, -0.2) is 58.9 Å². The van der Waals surface area contributed by atoms with E-state index in [1.165, 1.54) is 13.0 Å². The second-order valence-corrected chi connectivity index (χ2v) is 15.3. The third-order valence-electron chi connectivity index (χ3n) is 9.37. The van der Waals surface area contributed by atoms with Crippen LogP contribution in [0.15, 0.2) is 106 Å². The zero-order valence-corrected chi connectivity index (χ0v) is 31.2. The Labute approximate surface area is 297 Å². The number of carboxylic acids is 1. The monoisotopic (exact) mass is 708 g/mol. The lowest BCUT2D eigenvalue weighted by Gasteiger charge is -2.35. The third kappa shape index (κ3) is 12.2. The van der Waals surface area contributed by atoms with Crippen LogP contribution in [0.2, 0.25) is 0 Å². The van der Waals surface area contributed by atoms with Crippen molar-refractivity contribution >= 4 is 22.2 Å². The minimum Gasteiger partial charge on any atom is -0.481 e.